The van der Waals surface area contributed by atoms with Gasteiger partial charge in [-0.25, -0.2) is 9.97 Å². The summed E-state index contributed by atoms with van der Waals surface area (Å²) in [6, 6.07) is 16.5. The van der Waals surface area contributed by atoms with Gasteiger partial charge in [0.25, 0.3) is 5.91 Å². The van der Waals surface area contributed by atoms with E-state index in [-0.39, 0.29) is 17.5 Å². The molecule has 7 heteroatoms. The number of carbonyl (C=O) groups is 2. The van der Waals surface area contributed by atoms with Gasteiger partial charge >= 0.3 is 0 Å². The van der Waals surface area contributed by atoms with Crippen molar-refractivity contribution in [2.45, 2.75) is 27.2 Å². The van der Waals surface area contributed by atoms with Crippen molar-refractivity contribution in [3.8, 4) is 0 Å². The molecule has 3 N–H and O–H groups in total. The van der Waals surface area contributed by atoms with E-state index in [1.165, 1.54) is 12.5 Å². The summed E-state index contributed by atoms with van der Waals surface area (Å²) >= 11 is 0. The highest BCUT2D eigenvalue weighted by Gasteiger charge is 2.11. The second-order valence-electron chi connectivity index (χ2n) is 6.61. The lowest BCUT2D eigenvalue weighted by Gasteiger charge is -2.10. The van der Waals surface area contributed by atoms with Crippen LogP contribution >= 0.6 is 0 Å². The molecule has 0 saturated heterocycles. The van der Waals surface area contributed by atoms with E-state index in [1.54, 1.807) is 30.3 Å². The van der Waals surface area contributed by atoms with Crippen LogP contribution in [0.4, 0.5) is 23.0 Å². The largest absolute Gasteiger partial charge is 0.326 e. The Labute approximate surface area is 169 Å². The monoisotopic (exact) mass is 389 g/mol. The molecule has 2 aromatic carbocycles. The van der Waals surface area contributed by atoms with E-state index in [0.717, 1.165) is 12.1 Å². The van der Waals surface area contributed by atoms with Gasteiger partial charge in [-0.1, -0.05) is 19.1 Å². The number of rotatable bonds is 6. The fourth-order valence-electron chi connectivity index (χ4n) is 2.73. The summed E-state index contributed by atoms with van der Waals surface area (Å²) in [4.78, 5) is 32.4. The Morgan fingerprint density at radius 3 is 2.03 bits per heavy atom. The smallest absolute Gasteiger partial charge is 0.274 e. The Hall–Kier alpha value is -3.74. The predicted molar refractivity (Wildman–Crippen MR) is 115 cm³/mol. The SMILES string of the molecule is CCc1ccc(Nc2nc(C)cc(C(=O)Nc3ccc(NC(C)=O)cc3)n2)cc1. The van der Waals surface area contributed by atoms with E-state index >= 15 is 0 Å². The van der Waals surface area contributed by atoms with Crippen LogP contribution in [0.2, 0.25) is 0 Å². The van der Waals surface area contributed by atoms with Crippen molar-refractivity contribution in [1.29, 1.82) is 0 Å². The summed E-state index contributed by atoms with van der Waals surface area (Å²) in [5.74, 6) is -0.129. The number of anilines is 4. The second-order valence-corrected chi connectivity index (χ2v) is 6.61. The third-order valence-corrected chi connectivity index (χ3v) is 4.17. The van der Waals surface area contributed by atoms with E-state index in [1.807, 2.05) is 31.2 Å². The molecule has 1 heterocycles. The fourth-order valence-corrected chi connectivity index (χ4v) is 2.73. The number of benzene rings is 2. The first-order valence-corrected chi connectivity index (χ1v) is 9.33. The highest BCUT2D eigenvalue weighted by Crippen LogP contribution is 2.17. The average molecular weight is 389 g/mol. The maximum absolute atomic E-state index is 12.6. The van der Waals surface area contributed by atoms with Crippen LogP contribution in [0.25, 0.3) is 0 Å². The van der Waals surface area contributed by atoms with Gasteiger partial charge < -0.3 is 16.0 Å². The molecule has 0 saturated carbocycles. The van der Waals surface area contributed by atoms with Crippen LogP contribution in [-0.4, -0.2) is 21.8 Å². The van der Waals surface area contributed by atoms with Crippen molar-refractivity contribution in [1.82, 2.24) is 9.97 Å². The summed E-state index contributed by atoms with van der Waals surface area (Å²) in [5, 5.41) is 8.62. The highest BCUT2D eigenvalue weighted by molar-refractivity contribution is 6.03. The number of carbonyl (C=O) groups excluding carboxylic acids is 2. The third-order valence-electron chi connectivity index (χ3n) is 4.17. The minimum Gasteiger partial charge on any atom is -0.326 e. The lowest BCUT2D eigenvalue weighted by Crippen LogP contribution is -2.15. The van der Waals surface area contributed by atoms with Gasteiger partial charge in [-0.3, -0.25) is 9.59 Å². The van der Waals surface area contributed by atoms with Gasteiger partial charge in [0.2, 0.25) is 11.9 Å². The molecule has 0 spiro atoms. The van der Waals surface area contributed by atoms with Crippen LogP contribution in [0.5, 0.6) is 0 Å². The Balaban J connectivity index is 1.72. The lowest BCUT2D eigenvalue weighted by atomic mass is 10.1. The number of amides is 2. The van der Waals surface area contributed by atoms with Crippen LogP contribution < -0.4 is 16.0 Å². The van der Waals surface area contributed by atoms with E-state index in [4.69, 9.17) is 0 Å². The summed E-state index contributed by atoms with van der Waals surface area (Å²) in [6.07, 6.45) is 0.970. The predicted octanol–water partition coefficient (Wildman–Crippen LogP) is 4.30. The fraction of sp³-hybridized carbons (Fsp3) is 0.182. The first kappa shape index (κ1) is 20.0. The molecule has 7 nitrogen and oxygen atoms in total. The number of nitrogens with one attached hydrogen (secondary N) is 3. The van der Waals surface area contributed by atoms with Crippen LogP contribution in [0.15, 0.2) is 54.6 Å². The van der Waals surface area contributed by atoms with Gasteiger partial charge in [-0.2, -0.15) is 0 Å². The highest BCUT2D eigenvalue weighted by atomic mass is 16.2. The van der Waals surface area contributed by atoms with Crippen molar-refractivity contribution in [3.05, 3.63) is 71.5 Å². The topological polar surface area (TPSA) is 96.0 Å². The Kier molecular flexibility index (Phi) is 6.19. The molecule has 0 aliphatic carbocycles. The second kappa shape index (κ2) is 8.97. The van der Waals surface area contributed by atoms with Gasteiger partial charge in [-0.15, -0.1) is 0 Å². The molecule has 0 unspecified atom stereocenters. The lowest BCUT2D eigenvalue weighted by molar-refractivity contribution is -0.114. The zero-order valence-corrected chi connectivity index (χ0v) is 16.6. The molecule has 0 atom stereocenters. The molecule has 3 rings (SSSR count). The van der Waals surface area contributed by atoms with Gasteiger partial charge in [0.05, 0.1) is 0 Å². The zero-order chi connectivity index (χ0) is 20.8. The average Bonchev–Trinajstić information content (AvgIpc) is 2.69. The van der Waals surface area contributed by atoms with Crippen molar-refractivity contribution >= 4 is 34.8 Å². The minimum atomic E-state index is -0.341. The summed E-state index contributed by atoms with van der Waals surface area (Å²) in [7, 11) is 0. The summed E-state index contributed by atoms with van der Waals surface area (Å²) < 4.78 is 0. The van der Waals surface area contributed by atoms with Gasteiger partial charge in [0.15, 0.2) is 0 Å². The molecule has 148 valence electrons. The van der Waals surface area contributed by atoms with Crippen LogP contribution in [0, 0.1) is 6.92 Å². The Morgan fingerprint density at radius 1 is 0.862 bits per heavy atom. The number of aromatic nitrogens is 2. The third kappa shape index (κ3) is 5.62. The normalized spacial score (nSPS) is 10.3. The quantitative estimate of drug-likeness (QED) is 0.584. The standard InChI is InChI=1S/C22H23N5O2/c1-4-16-5-7-19(8-6-16)26-22-23-14(2)13-20(27-22)21(29)25-18-11-9-17(10-12-18)24-15(3)28/h5-13H,4H2,1-3H3,(H,24,28)(H,25,29)(H,23,26,27). The van der Waals surface area contributed by atoms with Crippen LogP contribution in [-0.2, 0) is 11.2 Å². The Morgan fingerprint density at radius 2 is 1.45 bits per heavy atom. The van der Waals surface area contributed by atoms with Gasteiger partial charge in [0.1, 0.15) is 5.69 Å². The van der Waals surface area contributed by atoms with Gasteiger partial charge in [-0.05, 0) is 61.4 Å². The van der Waals surface area contributed by atoms with E-state index in [9.17, 15) is 9.59 Å². The molecule has 2 amide bonds. The molecule has 0 radical (unpaired) electrons. The molecule has 3 aromatic rings. The molecular weight excluding hydrogens is 366 g/mol. The number of aryl methyl sites for hydroxylation is 2. The Bertz CT molecular complexity index is 1010. The molecule has 1 aromatic heterocycles. The first-order chi connectivity index (χ1) is 13.9. The number of hydrogen-bond acceptors (Lipinski definition) is 5. The van der Waals surface area contributed by atoms with Crippen LogP contribution in [0.3, 0.4) is 0 Å². The van der Waals surface area contributed by atoms with Crippen LogP contribution in [0.1, 0.15) is 35.6 Å². The van der Waals surface area contributed by atoms with Gasteiger partial charge in [0, 0.05) is 29.7 Å². The van der Waals surface area contributed by atoms with Crippen molar-refractivity contribution in [3.63, 3.8) is 0 Å². The minimum absolute atomic E-state index is 0.150. The zero-order valence-electron chi connectivity index (χ0n) is 16.6. The van der Waals surface area contributed by atoms with E-state index < -0.39 is 0 Å². The molecule has 0 aliphatic heterocycles. The molecular formula is C22H23N5O2. The first-order valence-electron chi connectivity index (χ1n) is 9.33. The molecule has 0 fully saturated rings. The van der Waals surface area contributed by atoms with Crippen molar-refractivity contribution < 1.29 is 9.59 Å². The maximum atomic E-state index is 12.6. The van der Waals surface area contributed by atoms with E-state index in [0.29, 0.717) is 23.0 Å². The van der Waals surface area contributed by atoms with Crippen molar-refractivity contribution in [2.24, 2.45) is 0 Å². The number of hydrogen-bond donors (Lipinski definition) is 3. The van der Waals surface area contributed by atoms with Crippen molar-refractivity contribution in [2.75, 3.05) is 16.0 Å². The molecule has 0 bridgehead atoms. The maximum Gasteiger partial charge on any atom is 0.274 e. The number of nitrogens with zero attached hydrogens (tertiary/aromatic N) is 2. The molecule has 0 aliphatic rings. The molecule has 29 heavy (non-hydrogen) atoms. The summed E-state index contributed by atoms with van der Waals surface area (Å²) in [5.41, 5.74) is 4.30. The summed E-state index contributed by atoms with van der Waals surface area (Å²) in [6.45, 7) is 5.35. The van der Waals surface area contributed by atoms with E-state index in [2.05, 4.69) is 32.8 Å².